The molecule has 0 atom stereocenters. The molecule has 2 aromatic heterocycles. The molecule has 25 heavy (non-hydrogen) atoms. The van der Waals surface area contributed by atoms with Gasteiger partial charge in [-0.15, -0.1) is 0 Å². The van der Waals surface area contributed by atoms with Crippen LogP contribution < -0.4 is 4.74 Å². The van der Waals surface area contributed by atoms with Gasteiger partial charge in [0.15, 0.2) is 0 Å². The van der Waals surface area contributed by atoms with Crippen LogP contribution >= 0.6 is 0 Å². The van der Waals surface area contributed by atoms with Crippen LogP contribution in [-0.2, 0) is 6.54 Å². The van der Waals surface area contributed by atoms with Gasteiger partial charge in [0.2, 0.25) is 5.88 Å². The molecule has 0 unspecified atom stereocenters. The van der Waals surface area contributed by atoms with E-state index in [0.29, 0.717) is 23.0 Å². The largest absolute Gasteiger partial charge is 0.496 e. The summed E-state index contributed by atoms with van der Waals surface area (Å²) in [6.45, 7) is 2.38. The Kier molecular flexibility index (Phi) is 3.36. The fourth-order valence-electron chi connectivity index (χ4n) is 3.23. The van der Waals surface area contributed by atoms with Gasteiger partial charge in [-0.3, -0.25) is 0 Å². The topological polar surface area (TPSA) is 86.9 Å². The Morgan fingerprint density at radius 2 is 2.12 bits per heavy atom. The summed E-state index contributed by atoms with van der Waals surface area (Å²) in [5, 5.41) is 25.7. The minimum atomic E-state index is 0.0402. The van der Waals surface area contributed by atoms with Crippen molar-refractivity contribution in [1.82, 2.24) is 14.8 Å². The zero-order valence-electron chi connectivity index (χ0n) is 13.9. The number of nitrogens with one attached hydrogen (secondary N) is 1. The number of hydrogen-bond donors (Lipinski definition) is 2. The van der Waals surface area contributed by atoms with Crippen LogP contribution in [0.5, 0.6) is 11.6 Å². The van der Waals surface area contributed by atoms with Crippen molar-refractivity contribution in [3.8, 4) is 17.7 Å². The lowest BCUT2D eigenvalue weighted by Gasteiger charge is -2.12. The Bertz CT molecular complexity index is 1150. The lowest BCUT2D eigenvalue weighted by atomic mass is 10.0. The highest BCUT2D eigenvalue weighted by molar-refractivity contribution is 5.89. The van der Waals surface area contributed by atoms with Crippen LogP contribution in [0.25, 0.3) is 21.8 Å². The molecule has 0 fully saturated rings. The second kappa shape index (κ2) is 5.56. The van der Waals surface area contributed by atoms with Gasteiger partial charge in [0, 0.05) is 22.7 Å². The summed E-state index contributed by atoms with van der Waals surface area (Å²) in [5.41, 5.74) is 4.21. The van der Waals surface area contributed by atoms with Gasteiger partial charge < -0.3 is 14.8 Å². The fraction of sp³-hybridized carbons (Fsp3) is 0.158. The van der Waals surface area contributed by atoms with Crippen molar-refractivity contribution < 1.29 is 9.84 Å². The Morgan fingerprint density at radius 3 is 2.88 bits per heavy atom. The molecule has 0 saturated heterocycles. The molecule has 0 aliphatic carbocycles. The molecule has 0 amide bonds. The molecule has 2 aromatic carbocycles. The predicted molar refractivity (Wildman–Crippen MR) is 94.8 cm³/mol. The van der Waals surface area contributed by atoms with Crippen LogP contribution in [0.2, 0.25) is 0 Å². The molecule has 2 N–H and O–H groups in total. The Hall–Kier alpha value is -3.46. The standard InChI is InChI=1S/C19H16N4O2/c1-11-7-17(25-2)15(13-5-6-21-18(11)13)10-23-19(24)14-8-12(9-20)3-4-16(14)22-23/h3-8,21,24H,10H2,1-2H3. The summed E-state index contributed by atoms with van der Waals surface area (Å²) in [7, 11) is 1.63. The molecule has 0 aliphatic rings. The van der Waals surface area contributed by atoms with Crippen molar-refractivity contribution in [3.63, 3.8) is 0 Å². The molecule has 4 rings (SSSR count). The van der Waals surface area contributed by atoms with Gasteiger partial charge in [-0.1, -0.05) is 0 Å². The van der Waals surface area contributed by atoms with Crippen LogP contribution in [0.1, 0.15) is 16.7 Å². The average molecular weight is 332 g/mol. The monoisotopic (exact) mass is 332 g/mol. The second-order valence-electron chi connectivity index (χ2n) is 5.97. The number of hydrogen-bond acceptors (Lipinski definition) is 4. The number of nitriles is 1. The molecular formula is C19H16N4O2. The van der Waals surface area contributed by atoms with E-state index in [0.717, 1.165) is 27.8 Å². The molecule has 4 aromatic rings. The van der Waals surface area contributed by atoms with Gasteiger partial charge >= 0.3 is 0 Å². The number of ether oxygens (including phenoxy) is 1. The van der Waals surface area contributed by atoms with Crippen LogP contribution in [0, 0.1) is 18.3 Å². The van der Waals surface area contributed by atoms with Crippen molar-refractivity contribution >= 4 is 21.8 Å². The number of aromatic nitrogens is 3. The van der Waals surface area contributed by atoms with Gasteiger partial charge in [-0.25, -0.2) is 4.68 Å². The summed E-state index contributed by atoms with van der Waals surface area (Å²) < 4.78 is 7.08. The van der Waals surface area contributed by atoms with Gasteiger partial charge in [0.1, 0.15) is 5.75 Å². The highest BCUT2D eigenvalue weighted by atomic mass is 16.5. The first-order valence-corrected chi connectivity index (χ1v) is 7.85. The Balaban J connectivity index is 1.88. The number of aromatic amines is 1. The number of fused-ring (bicyclic) bond motifs is 2. The van der Waals surface area contributed by atoms with Gasteiger partial charge in [-0.2, -0.15) is 10.4 Å². The van der Waals surface area contributed by atoms with E-state index in [-0.39, 0.29) is 5.88 Å². The average Bonchev–Trinajstić information content (AvgIpc) is 3.23. The van der Waals surface area contributed by atoms with E-state index in [4.69, 9.17) is 10.00 Å². The molecule has 0 aliphatic heterocycles. The zero-order chi connectivity index (χ0) is 17.6. The molecule has 6 nitrogen and oxygen atoms in total. The van der Waals surface area contributed by atoms with Crippen LogP contribution in [0.4, 0.5) is 0 Å². The van der Waals surface area contributed by atoms with Crippen molar-refractivity contribution in [2.24, 2.45) is 0 Å². The third-order valence-corrected chi connectivity index (χ3v) is 4.48. The van der Waals surface area contributed by atoms with Crippen LogP contribution in [-0.4, -0.2) is 27.0 Å². The van der Waals surface area contributed by atoms with Crippen molar-refractivity contribution in [1.29, 1.82) is 5.26 Å². The number of H-pyrrole nitrogens is 1. The maximum absolute atomic E-state index is 10.6. The SMILES string of the molecule is COc1cc(C)c2[nH]ccc2c1Cn1nc2ccc(C#N)cc2c1O. The molecule has 0 saturated carbocycles. The van der Waals surface area contributed by atoms with E-state index in [9.17, 15) is 5.11 Å². The van der Waals surface area contributed by atoms with Crippen molar-refractivity contribution in [2.45, 2.75) is 13.5 Å². The molecule has 2 heterocycles. The van der Waals surface area contributed by atoms with E-state index < -0.39 is 0 Å². The molecule has 0 spiro atoms. The summed E-state index contributed by atoms with van der Waals surface area (Å²) in [6, 6.07) is 11.1. The predicted octanol–water partition coefficient (Wildman–Crippen LogP) is 3.46. The lowest BCUT2D eigenvalue weighted by Crippen LogP contribution is -2.04. The third kappa shape index (κ3) is 2.29. The smallest absolute Gasteiger partial charge is 0.217 e. The highest BCUT2D eigenvalue weighted by Gasteiger charge is 2.16. The third-order valence-electron chi connectivity index (χ3n) is 4.48. The number of rotatable bonds is 3. The maximum atomic E-state index is 10.6. The summed E-state index contributed by atoms with van der Waals surface area (Å²) in [4.78, 5) is 3.24. The van der Waals surface area contributed by atoms with E-state index in [2.05, 4.69) is 16.2 Å². The van der Waals surface area contributed by atoms with E-state index >= 15 is 0 Å². The summed E-state index contributed by atoms with van der Waals surface area (Å²) >= 11 is 0. The molecule has 0 bridgehead atoms. The van der Waals surface area contributed by atoms with Gasteiger partial charge in [0.25, 0.3) is 0 Å². The van der Waals surface area contributed by atoms with Crippen molar-refractivity contribution in [3.05, 3.63) is 53.2 Å². The second-order valence-corrected chi connectivity index (χ2v) is 5.97. The van der Waals surface area contributed by atoms with Crippen LogP contribution in [0.3, 0.4) is 0 Å². The van der Waals surface area contributed by atoms with Gasteiger partial charge in [-0.05, 0) is 42.8 Å². The fourth-order valence-corrected chi connectivity index (χ4v) is 3.23. The zero-order valence-corrected chi connectivity index (χ0v) is 13.9. The Labute approximate surface area is 143 Å². The highest BCUT2D eigenvalue weighted by Crippen LogP contribution is 2.33. The number of benzene rings is 2. The maximum Gasteiger partial charge on any atom is 0.217 e. The minimum Gasteiger partial charge on any atom is -0.496 e. The number of methoxy groups -OCH3 is 1. The first-order valence-electron chi connectivity index (χ1n) is 7.85. The summed E-state index contributed by atoms with van der Waals surface area (Å²) in [5.74, 6) is 0.791. The normalized spacial score (nSPS) is 11.1. The Morgan fingerprint density at radius 1 is 1.28 bits per heavy atom. The number of nitrogens with zero attached hydrogens (tertiary/aromatic N) is 3. The summed E-state index contributed by atoms with van der Waals surface area (Å²) in [6.07, 6.45) is 1.89. The number of aromatic hydroxyl groups is 1. The molecule has 124 valence electrons. The molecule has 0 radical (unpaired) electrons. The number of aryl methyl sites for hydroxylation is 1. The molecular weight excluding hydrogens is 316 g/mol. The minimum absolute atomic E-state index is 0.0402. The first-order chi connectivity index (χ1) is 12.1. The van der Waals surface area contributed by atoms with Gasteiger partial charge in [0.05, 0.1) is 36.2 Å². The van der Waals surface area contributed by atoms with Crippen LogP contribution in [0.15, 0.2) is 36.5 Å². The van der Waals surface area contributed by atoms with E-state index in [1.165, 1.54) is 4.68 Å². The van der Waals surface area contributed by atoms with E-state index in [1.807, 2.05) is 25.3 Å². The van der Waals surface area contributed by atoms with Crippen molar-refractivity contribution in [2.75, 3.05) is 7.11 Å². The lowest BCUT2D eigenvalue weighted by molar-refractivity contribution is 0.396. The molecule has 6 heteroatoms. The quantitative estimate of drug-likeness (QED) is 0.601. The first kappa shape index (κ1) is 15.1. The van der Waals surface area contributed by atoms with E-state index in [1.54, 1.807) is 25.3 Å².